The predicted octanol–water partition coefficient (Wildman–Crippen LogP) is 2.93. The summed E-state index contributed by atoms with van der Waals surface area (Å²) >= 11 is 0. The molecule has 3 aromatic rings. The molecule has 0 radical (unpaired) electrons. The normalized spacial score (nSPS) is 20.8. The molecule has 1 aliphatic carbocycles. The minimum atomic E-state index is 0.144. The van der Waals surface area contributed by atoms with E-state index in [9.17, 15) is 0 Å². The lowest BCUT2D eigenvalue weighted by Gasteiger charge is -2.40. The molecule has 1 unspecified atom stereocenters. The van der Waals surface area contributed by atoms with Crippen LogP contribution in [-0.4, -0.2) is 61.0 Å². The van der Waals surface area contributed by atoms with Crippen molar-refractivity contribution in [2.24, 2.45) is 0 Å². The van der Waals surface area contributed by atoms with Crippen LogP contribution in [0.25, 0.3) is 11.4 Å². The van der Waals surface area contributed by atoms with Gasteiger partial charge in [-0.15, -0.1) is 5.10 Å². The molecule has 1 spiro atoms. The number of hydrogen-bond acceptors (Lipinski definition) is 7. The average molecular weight is 419 g/mol. The van der Waals surface area contributed by atoms with Crippen molar-refractivity contribution in [3.63, 3.8) is 0 Å². The second-order valence-electron chi connectivity index (χ2n) is 8.72. The smallest absolute Gasteiger partial charge is 0.163 e. The summed E-state index contributed by atoms with van der Waals surface area (Å²) < 4.78 is 1.84. The first-order chi connectivity index (χ1) is 15.3. The number of hydrogen-bond donors (Lipinski definition) is 1. The Morgan fingerprint density at radius 3 is 2.94 bits per heavy atom. The highest BCUT2D eigenvalue weighted by Crippen LogP contribution is 2.46. The Hall–Kier alpha value is -2.87. The molecule has 31 heavy (non-hydrogen) atoms. The van der Waals surface area contributed by atoms with Crippen LogP contribution in [0.1, 0.15) is 43.9 Å². The second-order valence-corrected chi connectivity index (χ2v) is 8.72. The van der Waals surface area contributed by atoms with Crippen molar-refractivity contribution in [2.75, 3.05) is 31.5 Å². The Balaban J connectivity index is 1.49. The maximum atomic E-state index is 5.17. The summed E-state index contributed by atoms with van der Waals surface area (Å²) in [4.78, 5) is 17.0. The van der Waals surface area contributed by atoms with E-state index in [4.69, 9.17) is 9.97 Å². The molecule has 1 saturated heterocycles. The molecule has 1 N–H and O–H groups in total. The summed E-state index contributed by atoms with van der Waals surface area (Å²) in [5, 5.41) is 11.5. The highest BCUT2D eigenvalue weighted by atomic mass is 15.4. The standard InChI is InChI=1S/C23H30N8/c1-2-12-30-13-4-7-23(17-30)8-6-19-20(23)27-21(18-5-3-9-24-16-18)28-22(19)25-10-14-31-15-11-26-29-31/h3,5,9,11,15-16H,2,4,6-8,10,12-14,17H2,1H3,(H,25,27,28). The van der Waals surface area contributed by atoms with Gasteiger partial charge in [0, 0.05) is 48.2 Å². The average Bonchev–Trinajstić information content (AvgIpc) is 3.44. The molecule has 3 aromatic heterocycles. The molecule has 5 rings (SSSR count). The minimum Gasteiger partial charge on any atom is -0.368 e. The Morgan fingerprint density at radius 2 is 2.13 bits per heavy atom. The molecule has 4 heterocycles. The van der Waals surface area contributed by atoms with Gasteiger partial charge in [0.15, 0.2) is 5.82 Å². The first-order valence-corrected chi connectivity index (χ1v) is 11.4. The van der Waals surface area contributed by atoms with Crippen molar-refractivity contribution in [1.82, 2.24) is 34.8 Å². The van der Waals surface area contributed by atoms with E-state index in [1.54, 1.807) is 12.4 Å². The zero-order chi connectivity index (χ0) is 21.1. The van der Waals surface area contributed by atoms with E-state index in [2.05, 4.69) is 32.4 Å². The van der Waals surface area contributed by atoms with Crippen LogP contribution in [-0.2, 0) is 18.4 Å². The van der Waals surface area contributed by atoms with E-state index in [0.717, 1.165) is 49.7 Å². The fourth-order valence-electron chi connectivity index (χ4n) is 5.18. The largest absolute Gasteiger partial charge is 0.368 e. The summed E-state index contributed by atoms with van der Waals surface area (Å²) in [5.74, 6) is 1.73. The van der Waals surface area contributed by atoms with E-state index in [0.29, 0.717) is 0 Å². The monoisotopic (exact) mass is 418 g/mol. The fraction of sp³-hybridized carbons (Fsp3) is 0.522. The number of fused-ring (bicyclic) bond motifs is 2. The Labute approximate surface area is 183 Å². The van der Waals surface area contributed by atoms with Crippen molar-refractivity contribution in [2.45, 2.75) is 51.0 Å². The van der Waals surface area contributed by atoms with Gasteiger partial charge >= 0.3 is 0 Å². The first-order valence-electron chi connectivity index (χ1n) is 11.4. The molecule has 0 bridgehead atoms. The van der Waals surface area contributed by atoms with E-state index < -0.39 is 0 Å². The third-order valence-electron chi connectivity index (χ3n) is 6.58. The van der Waals surface area contributed by atoms with Crippen molar-refractivity contribution in [1.29, 1.82) is 0 Å². The number of nitrogens with one attached hydrogen (secondary N) is 1. The van der Waals surface area contributed by atoms with Gasteiger partial charge in [-0.1, -0.05) is 12.1 Å². The molecule has 1 aliphatic heterocycles. The zero-order valence-corrected chi connectivity index (χ0v) is 18.2. The van der Waals surface area contributed by atoms with Gasteiger partial charge in [0.2, 0.25) is 0 Å². The summed E-state index contributed by atoms with van der Waals surface area (Å²) in [5.41, 5.74) is 3.66. The van der Waals surface area contributed by atoms with Crippen molar-refractivity contribution in [3.8, 4) is 11.4 Å². The van der Waals surface area contributed by atoms with Gasteiger partial charge in [-0.05, 0) is 57.3 Å². The quantitative estimate of drug-likeness (QED) is 0.631. The zero-order valence-electron chi connectivity index (χ0n) is 18.2. The van der Waals surface area contributed by atoms with E-state index >= 15 is 0 Å². The van der Waals surface area contributed by atoms with Gasteiger partial charge in [-0.2, -0.15) is 0 Å². The van der Waals surface area contributed by atoms with Gasteiger partial charge in [-0.25, -0.2) is 9.97 Å². The van der Waals surface area contributed by atoms with Crippen molar-refractivity contribution < 1.29 is 0 Å². The molecule has 0 aromatic carbocycles. The SMILES string of the molecule is CCCN1CCCC2(CCc3c(NCCn4ccnn4)nc(-c4cccnc4)nc32)C1. The molecule has 1 fully saturated rings. The molecular formula is C23H30N8. The molecule has 8 nitrogen and oxygen atoms in total. The maximum Gasteiger partial charge on any atom is 0.163 e. The summed E-state index contributed by atoms with van der Waals surface area (Å²) in [6.45, 7) is 7.24. The van der Waals surface area contributed by atoms with Crippen LogP contribution < -0.4 is 5.32 Å². The summed E-state index contributed by atoms with van der Waals surface area (Å²) in [7, 11) is 0. The van der Waals surface area contributed by atoms with Gasteiger partial charge in [0.1, 0.15) is 5.82 Å². The number of anilines is 1. The van der Waals surface area contributed by atoms with Crippen molar-refractivity contribution in [3.05, 3.63) is 48.2 Å². The number of likely N-dealkylation sites (tertiary alicyclic amines) is 1. The van der Waals surface area contributed by atoms with E-state index in [1.165, 1.54) is 43.6 Å². The second kappa shape index (κ2) is 8.70. The van der Waals surface area contributed by atoms with Gasteiger partial charge in [0.25, 0.3) is 0 Å². The molecule has 2 aliphatic rings. The van der Waals surface area contributed by atoms with Crippen LogP contribution in [0, 0.1) is 0 Å². The Kier molecular flexibility index (Phi) is 5.63. The lowest BCUT2D eigenvalue weighted by molar-refractivity contribution is 0.143. The predicted molar refractivity (Wildman–Crippen MR) is 120 cm³/mol. The van der Waals surface area contributed by atoms with Crippen LogP contribution in [0.4, 0.5) is 5.82 Å². The van der Waals surface area contributed by atoms with Crippen LogP contribution in [0.3, 0.4) is 0 Å². The molecule has 162 valence electrons. The van der Waals surface area contributed by atoms with Gasteiger partial charge < -0.3 is 10.2 Å². The lowest BCUT2D eigenvalue weighted by atomic mass is 9.77. The third-order valence-corrected chi connectivity index (χ3v) is 6.58. The molecule has 1 atom stereocenters. The number of piperidine rings is 1. The fourth-order valence-corrected chi connectivity index (χ4v) is 5.18. The number of nitrogens with zero attached hydrogens (tertiary/aromatic N) is 7. The minimum absolute atomic E-state index is 0.144. The first kappa shape index (κ1) is 20.1. The van der Waals surface area contributed by atoms with Crippen LogP contribution >= 0.6 is 0 Å². The third kappa shape index (κ3) is 4.04. The summed E-state index contributed by atoms with van der Waals surface area (Å²) in [6, 6.07) is 3.99. The maximum absolute atomic E-state index is 5.17. The van der Waals surface area contributed by atoms with Crippen LogP contribution in [0.2, 0.25) is 0 Å². The molecule has 8 heteroatoms. The molecule has 0 saturated carbocycles. The van der Waals surface area contributed by atoms with Gasteiger partial charge in [-0.3, -0.25) is 9.67 Å². The van der Waals surface area contributed by atoms with Gasteiger partial charge in [0.05, 0.1) is 18.4 Å². The van der Waals surface area contributed by atoms with E-state index in [-0.39, 0.29) is 5.41 Å². The Bertz CT molecular complexity index is 1000. The number of rotatable bonds is 7. The van der Waals surface area contributed by atoms with Crippen molar-refractivity contribution >= 4 is 5.82 Å². The van der Waals surface area contributed by atoms with E-state index in [1.807, 2.05) is 29.2 Å². The number of aromatic nitrogens is 6. The van der Waals surface area contributed by atoms with Crippen LogP contribution in [0.15, 0.2) is 36.9 Å². The topological polar surface area (TPSA) is 84.7 Å². The highest BCUT2D eigenvalue weighted by molar-refractivity contribution is 5.61. The number of pyridine rings is 1. The Morgan fingerprint density at radius 1 is 1.16 bits per heavy atom. The molecule has 0 amide bonds. The lowest BCUT2D eigenvalue weighted by Crippen LogP contribution is -2.45. The van der Waals surface area contributed by atoms with Crippen LogP contribution in [0.5, 0.6) is 0 Å². The summed E-state index contributed by atoms with van der Waals surface area (Å²) in [6.07, 6.45) is 13.1. The highest BCUT2D eigenvalue weighted by Gasteiger charge is 2.44. The molecular weight excluding hydrogens is 388 g/mol.